The molecule has 7 rings (SSSR count). The maximum atomic E-state index is 12.1. The van der Waals surface area contributed by atoms with E-state index in [0.29, 0.717) is 34.4 Å². The average Bonchev–Trinajstić information content (AvgIpc) is 3.51. The van der Waals surface area contributed by atoms with Crippen LogP contribution in [0.2, 0.25) is 0 Å². The summed E-state index contributed by atoms with van der Waals surface area (Å²) < 4.78 is 0. The van der Waals surface area contributed by atoms with Crippen LogP contribution in [0.3, 0.4) is 0 Å². The van der Waals surface area contributed by atoms with Crippen molar-refractivity contribution in [2.75, 3.05) is 62.2 Å². The van der Waals surface area contributed by atoms with Crippen LogP contribution in [0, 0.1) is 11.3 Å². The number of carbonyl (C=O) groups is 2. The van der Waals surface area contributed by atoms with Gasteiger partial charge in [0.15, 0.2) is 0 Å². The Kier molecular flexibility index (Phi) is 7.23. The minimum absolute atomic E-state index is 0.275. The summed E-state index contributed by atoms with van der Waals surface area (Å²) in [4.78, 5) is 36.5. The molecule has 0 saturated carbocycles. The molecule has 2 amide bonds. The number of amides is 2. The van der Waals surface area contributed by atoms with E-state index in [9.17, 15) is 9.59 Å². The SMILES string of the molecule is CC1CC2(CCN(c3ccc(C4CCN(CC5CCN(c6ccc7c(c6)C(=O)NC7=O)CC5)CC4)nc3)CC2)CN1. The molecule has 2 N–H and O–H groups in total. The lowest BCUT2D eigenvalue weighted by Gasteiger charge is -2.40. The standard InChI is InChI=1S/C33H44N6O2/c1-23-19-33(22-35-23)10-16-39(17-11-33)27-3-5-30(34-20-27)25-8-12-37(13-9-25)21-24-6-14-38(15-7-24)26-2-4-28-29(18-26)32(41)36-31(28)40/h2-5,18,20,23-25,35H,6-17,19,21-22H2,1H3,(H,36,40,41). The number of pyridine rings is 1. The van der Waals surface area contributed by atoms with Crippen LogP contribution in [0.4, 0.5) is 11.4 Å². The van der Waals surface area contributed by atoms with Gasteiger partial charge in [-0.2, -0.15) is 0 Å². The molecule has 4 fully saturated rings. The van der Waals surface area contributed by atoms with Gasteiger partial charge in [-0.25, -0.2) is 0 Å². The van der Waals surface area contributed by atoms with Crippen LogP contribution in [0.15, 0.2) is 36.5 Å². The molecular weight excluding hydrogens is 512 g/mol. The van der Waals surface area contributed by atoms with Crippen molar-refractivity contribution in [2.24, 2.45) is 11.3 Å². The van der Waals surface area contributed by atoms with Crippen LogP contribution in [0.25, 0.3) is 0 Å². The van der Waals surface area contributed by atoms with E-state index in [1.54, 1.807) is 6.07 Å². The second-order valence-electron chi connectivity index (χ2n) is 13.4. The van der Waals surface area contributed by atoms with Crippen LogP contribution in [0.5, 0.6) is 0 Å². The van der Waals surface area contributed by atoms with Crippen LogP contribution in [-0.4, -0.2) is 80.1 Å². The smallest absolute Gasteiger partial charge is 0.259 e. The van der Waals surface area contributed by atoms with Crippen molar-refractivity contribution in [2.45, 2.75) is 63.8 Å². The maximum Gasteiger partial charge on any atom is 0.259 e. The fourth-order valence-electron chi connectivity index (χ4n) is 8.13. The number of hydrogen-bond acceptors (Lipinski definition) is 7. The first-order valence-electron chi connectivity index (χ1n) is 15.9. The number of imide groups is 1. The Morgan fingerprint density at radius 3 is 2.24 bits per heavy atom. The molecule has 0 aliphatic carbocycles. The third kappa shape index (κ3) is 5.48. The normalized spacial score (nSPS) is 25.6. The van der Waals surface area contributed by atoms with Crippen LogP contribution in [-0.2, 0) is 0 Å². The van der Waals surface area contributed by atoms with Gasteiger partial charge in [0.2, 0.25) is 0 Å². The molecule has 8 heteroatoms. The Morgan fingerprint density at radius 1 is 0.854 bits per heavy atom. The lowest BCUT2D eigenvalue weighted by atomic mass is 9.76. The van der Waals surface area contributed by atoms with Gasteiger partial charge in [0.05, 0.1) is 23.0 Å². The molecule has 1 unspecified atom stereocenters. The number of benzene rings is 1. The number of rotatable bonds is 5. The molecule has 0 radical (unpaired) electrons. The Hall–Kier alpha value is -2.97. The molecule has 0 bridgehead atoms. The summed E-state index contributed by atoms with van der Waals surface area (Å²) in [7, 11) is 0. The molecule has 4 saturated heterocycles. The summed E-state index contributed by atoms with van der Waals surface area (Å²) in [5.74, 6) is 0.727. The van der Waals surface area contributed by atoms with Gasteiger partial charge >= 0.3 is 0 Å². The van der Waals surface area contributed by atoms with Crippen molar-refractivity contribution >= 4 is 23.2 Å². The van der Waals surface area contributed by atoms with E-state index < -0.39 is 0 Å². The number of fused-ring (bicyclic) bond motifs is 1. The predicted molar refractivity (Wildman–Crippen MR) is 162 cm³/mol. The quantitative estimate of drug-likeness (QED) is 0.539. The van der Waals surface area contributed by atoms with Gasteiger partial charge < -0.3 is 20.0 Å². The molecule has 5 aliphatic heterocycles. The van der Waals surface area contributed by atoms with Crippen LogP contribution >= 0.6 is 0 Å². The first-order valence-corrected chi connectivity index (χ1v) is 15.9. The highest BCUT2D eigenvalue weighted by molar-refractivity contribution is 6.21. The van der Waals surface area contributed by atoms with Gasteiger partial charge in [-0.05, 0) is 107 Å². The average molecular weight is 557 g/mol. The summed E-state index contributed by atoms with van der Waals surface area (Å²) in [6, 6.07) is 11.0. The molecule has 5 aliphatic rings. The number of hydrogen-bond donors (Lipinski definition) is 2. The minimum Gasteiger partial charge on any atom is -0.371 e. The first-order chi connectivity index (χ1) is 19.9. The van der Waals surface area contributed by atoms with Crippen LogP contribution in [0.1, 0.15) is 84.2 Å². The molecule has 218 valence electrons. The monoisotopic (exact) mass is 556 g/mol. The highest BCUT2D eigenvalue weighted by Crippen LogP contribution is 2.40. The minimum atomic E-state index is -0.283. The number of anilines is 2. The van der Waals surface area contributed by atoms with Crippen molar-refractivity contribution in [3.8, 4) is 0 Å². The largest absolute Gasteiger partial charge is 0.371 e. The number of nitrogens with zero attached hydrogens (tertiary/aromatic N) is 4. The van der Waals surface area contributed by atoms with E-state index in [1.165, 1.54) is 56.6 Å². The zero-order valence-electron chi connectivity index (χ0n) is 24.4. The predicted octanol–water partition coefficient (Wildman–Crippen LogP) is 4.03. The Morgan fingerprint density at radius 2 is 1.56 bits per heavy atom. The van der Waals surface area contributed by atoms with Crippen molar-refractivity contribution in [1.29, 1.82) is 0 Å². The Labute approximate surface area is 243 Å². The maximum absolute atomic E-state index is 12.1. The van der Waals surface area contributed by atoms with Gasteiger partial charge in [-0.1, -0.05) is 0 Å². The molecule has 41 heavy (non-hydrogen) atoms. The molecule has 6 heterocycles. The highest BCUT2D eigenvalue weighted by Gasteiger charge is 2.40. The molecule has 1 spiro atoms. The first kappa shape index (κ1) is 26.9. The number of nitrogens with one attached hydrogen (secondary N) is 2. The summed E-state index contributed by atoms with van der Waals surface area (Å²) in [5, 5.41) is 6.06. The summed E-state index contributed by atoms with van der Waals surface area (Å²) in [6.07, 6.45) is 10.8. The fraction of sp³-hybridized carbons (Fsp3) is 0.606. The number of likely N-dealkylation sites (tertiary alicyclic amines) is 1. The van der Waals surface area contributed by atoms with Crippen molar-refractivity contribution in [3.05, 3.63) is 53.3 Å². The van der Waals surface area contributed by atoms with E-state index >= 15 is 0 Å². The second-order valence-corrected chi connectivity index (χ2v) is 13.4. The van der Waals surface area contributed by atoms with Crippen molar-refractivity contribution in [1.82, 2.24) is 20.5 Å². The van der Waals surface area contributed by atoms with E-state index in [-0.39, 0.29) is 11.8 Å². The van der Waals surface area contributed by atoms with E-state index in [2.05, 4.69) is 50.6 Å². The third-order valence-electron chi connectivity index (χ3n) is 10.7. The van der Waals surface area contributed by atoms with E-state index in [0.717, 1.165) is 57.8 Å². The number of aromatic nitrogens is 1. The second kappa shape index (κ2) is 11.0. The van der Waals surface area contributed by atoms with Gasteiger partial charge in [-0.3, -0.25) is 19.9 Å². The van der Waals surface area contributed by atoms with Gasteiger partial charge in [0.1, 0.15) is 0 Å². The Bertz CT molecular complexity index is 1270. The third-order valence-corrected chi connectivity index (χ3v) is 10.7. The molecule has 8 nitrogen and oxygen atoms in total. The lowest BCUT2D eigenvalue weighted by molar-refractivity contribution is 0.0879. The van der Waals surface area contributed by atoms with Crippen molar-refractivity contribution < 1.29 is 9.59 Å². The zero-order chi connectivity index (χ0) is 28.0. The van der Waals surface area contributed by atoms with E-state index in [4.69, 9.17) is 4.98 Å². The van der Waals surface area contributed by atoms with Crippen molar-refractivity contribution in [3.63, 3.8) is 0 Å². The molecule has 1 aromatic heterocycles. The lowest BCUT2D eigenvalue weighted by Crippen LogP contribution is -2.41. The molecule has 1 aromatic carbocycles. The molecular formula is C33H44N6O2. The molecule has 2 aromatic rings. The number of piperidine rings is 3. The molecule has 1 atom stereocenters. The van der Waals surface area contributed by atoms with Gasteiger partial charge in [0.25, 0.3) is 11.8 Å². The number of carbonyl (C=O) groups excluding carboxylic acids is 2. The van der Waals surface area contributed by atoms with Gasteiger partial charge in [0, 0.05) is 62.6 Å². The zero-order valence-corrected chi connectivity index (χ0v) is 24.4. The van der Waals surface area contributed by atoms with Crippen LogP contribution < -0.4 is 20.4 Å². The summed E-state index contributed by atoms with van der Waals surface area (Å²) in [6.45, 7) is 11.3. The summed E-state index contributed by atoms with van der Waals surface area (Å²) >= 11 is 0. The Balaban J connectivity index is 0.856. The van der Waals surface area contributed by atoms with E-state index in [1.807, 2.05) is 12.1 Å². The topological polar surface area (TPSA) is 80.8 Å². The fourth-order valence-corrected chi connectivity index (χ4v) is 8.13. The summed E-state index contributed by atoms with van der Waals surface area (Å²) in [5.41, 5.74) is 5.15. The van der Waals surface area contributed by atoms with Gasteiger partial charge in [-0.15, -0.1) is 0 Å². The highest BCUT2D eigenvalue weighted by atomic mass is 16.2.